The predicted molar refractivity (Wildman–Crippen MR) is 53.5 cm³/mol. The Kier molecular flexibility index (Phi) is 3.88. The standard InChI is InChI=1S/C10H12ClNO/c1-3-4-8(2)12-7-9-5-6-10(11)13-9/h1,5-6,8,12H,4,7H2,2H3. The van der Waals surface area contributed by atoms with Crippen molar-refractivity contribution in [2.24, 2.45) is 0 Å². The predicted octanol–water partition coefficient (Wildman–Crippen LogP) is 2.43. The smallest absolute Gasteiger partial charge is 0.193 e. The fourth-order valence-electron chi connectivity index (χ4n) is 0.971. The fraction of sp³-hybridized carbons (Fsp3) is 0.400. The Hall–Kier alpha value is -0.910. The Labute approximate surface area is 83.3 Å². The molecule has 1 N–H and O–H groups in total. The lowest BCUT2D eigenvalue weighted by molar-refractivity contribution is 0.458. The van der Waals surface area contributed by atoms with Crippen molar-refractivity contribution in [2.75, 3.05) is 0 Å². The summed E-state index contributed by atoms with van der Waals surface area (Å²) in [5, 5.41) is 3.64. The van der Waals surface area contributed by atoms with E-state index in [2.05, 4.69) is 11.2 Å². The maximum absolute atomic E-state index is 5.61. The third-order valence-corrected chi connectivity index (χ3v) is 1.88. The normalized spacial score (nSPS) is 12.4. The Morgan fingerprint density at radius 3 is 3.00 bits per heavy atom. The van der Waals surface area contributed by atoms with Gasteiger partial charge in [-0.25, -0.2) is 0 Å². The lowest BCUT2D eigenvalue weighted by atomic mass is 10.2. The van der Waals surface area contributed by atoms with Crippen LogP contribution in [0, 0.1) is 12.3 Å². The molecule has 0 aliphatic heterocycles. The number of nitrogens with one attached hydrogen (secondary N) is 1. The van der Waals surface area contributed by atoms with Crippen molar-refractivity contribution in [3.63, 3.8) is 0 Å². The molecule has 1 aromatic heterocycles. The molecule has 13 heavy (non-hydrogen) atoms. The second-order valence-electron chi connectivity index (χ2n) is 2.90. The first kappa shape index (κ1) is 10.2. The lowest BCUT2D eigenvalue weighted by Gasteiger charge is -2.08. The van der Waals surface area contributed by atoms with Crippen molar-refractivity contribution in [3.8, 4) is 12.3 Å². The van der Waals surface area contributed by atoms with Crippen molar-refractivity contribution in [3.05, 3.63) is 23.1 Å². The van der Waals surface area contributed by atoms with Crippen LogP contribution in [-0.2, 0) is 6.54 Å². The maximum atomic E-state index is 5.61. The highest BCUT2D eigenvalue weighted by Crippen LogP contribution is 2.12. The van der Waals surface area contributed by atoms with Crippen molar-refractivity contribution < 1.29 is 4.42 Å². The molecule has 0 aliphatic carbocycles. The molecule has 70 valence electrons. The summed E-state index contributed by atoms with van der Waals surface area (Å²) in [6.07, 6.45) is 5.88. The summed E-state index contributed by atoms with van der Waals surface area (Å²) in [5.41, 5.74) is 0. The lowest BCUT2D eigenvalue weighted by Crippen LogP contribution is -2.24. The minimum atomic E-state index is 0.300. The van der Waals surface area contributed by atoms with Gasteiger partial charge in [-0.15, -0.1) is 12.3 Å². The molecule has 0 saturated heterocycles. The molecule has 0 fully saturated rings. The zero-order valence-corrected chi connectivity index (χ0v) is 8.27. The van der Waals surface area contributed by atoms with Gasteiger partial charge in [0.25, 0.3) is 0 Å². The monoisotopic (exact) mass is 197 g/mol. The van der Waals surface area contributed by atoms with Crippen LogP contribution in [-0.4, -0.2) is 6.04 Å². The molecule has 0 bridgehead atoms. The number of halogens is 1. The van der Waals surface area contributed by atoms with Crippen molar-refractivity contribution in [1.29, 1.82) is 0 Å². The second-order valence-corrected chi connectivity index (χ2v) is 3.27. The van der Waals surface area contributed by atoms with E-state index in [1.54, 1.807) is 6.07 Å². The van der Waals surface area contributed by atoms with E-state index in [0.717, 1.165) is 5.76 Å². The van der Waals surface area contributed by atoms with E-state index in [9.17, 15) is 0 Å². The van der Waals surface area contributed by atoms with Crippen LogP contribution in [0.2, 0.25) is 5.22 Å². The molecule has 0 aliphatic rings. The number of hydrogen-bond donors (Lipinski definition) is 1. The van der Waals surface area contributed by atoms with E-state index in [-0.39, 0.29) is 0 Å². The molecule has 0 aromatic carbocycles. The Balaban J connectivity index is 2.31. The molecule has 1 rings (SSSR count). The quantitative estimate of drug-likeness (QED) is 0.751. The molecular formula is C10H12ClNO. The van der Waals surface area contributed by atoms with Crippen LogP contribution in [0.3, 0.4) is 0 Å². The van der Waals surface area contributed by atoms with Gasteiger partial charge in [0.05, 0.1) is 6.54 Å². The Bertz CT molecular complexity index is 300. The van der Waals surface area contributed by atoms with Crippen LogP contribution in [0.5, 0.6) is 0 Å². The summed E-state index contributed by atoms with van der Waals surface area (Å²) in [6.45, 7) is 2.69. The van der Waals surface area contributed by atoms with Gasteiger partial charge in [-0.1, -0.05) is 0 Å². The van der Waals surface area contributed by atoms with Gasteiger partial charge >= 0.3 is 0 Å². The van der Waals surface area contributed by atoms with Crippen molar-refractivity contribution in [2.45, 2.75) is 25.9 Å². The molecule has 2 nitrogen and oxygen atoms in total. The van der Waals surface area contributed by atoms with Crippen LogP contribution in [0.1, 0.15) is 19.1 Å². The third kappa shape index (κ3) is 3.54. The second kappa shape index (κ2) is 4.96. The SMILES string of the molecule is C#CCC(C)NCc1ccc(Cl)o1. The van der Waals surface area contributed by atoms with Gasteiger partial charge in [-0.3, -0.25) is 0 Å². The average molecular weight is 198 g/mol. The fourth-order valence-corrected chi connectivity index (χ4v) is 1.13. The van der Waals surface area contributed by atoms with E-state index >= 15 is 0 Å². The average Bonchev–Trinajstić information content (AvgIpc) is 2.49. The highest BCUT2D eigenvalue weighted by molar-refractivity contribution is 6.28. The van der Waals surface area contributed by atoms with Gasteiger partial charge in [-0.05, 0) is 30.7 Å². The summed E-state index contributed by atoms with van der Waals surface area (Å²) in [7, 11) is 0. The van der Waals surface area contributed by atoms with Crippen LogP contribution < -0.4 is 5.32 Å². The first-order chi connectivity index (χ1) is 6.22. The highest BCUT2D eigenvalue weighted by Gasteiger charge is 2.02. The van der Waals surface area contributed by atoms with E-state index < -0.39 is 0 Å². The number of rotatable bonds is 4. The van der Waals surface area contributed by atoms with Crippen LogP contribution in [0.25, 0.3) is 0 Å². The first-order valence-corrected chi connectivity index (χ1v) is 4.51. The maximum Gasteiger partial charge on any atom is 0.193 e. The highest BCUT2D eigenvalue weighted by atomic mass is 35.5. The van der Waals surface area contributed by atoms with Crippen LogP contribution in [0.15, 0.2) is 16.5 Å². The van der Waals surface area contributed by atoms with Crippen LogP contribution >= 0.6 is 11.6 Å². The summed E-state index contributed by atoms with van der Waals surface area (Å²) < 4.78 is 5.16. The third-order valence-electron chi connectivity index (χ3n) is 1.68. The van der Waals surface area contributed by atoms with E-state index in [1.807, 2.05) is 13.0 Å². The largest absolute Gasteiger partial charge is 0.448 e. The van der Waals surface area contributed by atoms with Gasteiger partial charge < -0.3 is 9.73 Å². The van der Waals surface area contributed by atoms with Crippen molar-refractivity contribution >= 4 is 11.6 Å². The van der Waals surface area contributed by atoms with Gasteiger partial charge in [0.1, 0.15) is 5.76 Å². The topological polar surface area (TPSA) is 25.2 Å². The molecule has 1 aromatic rings. The summed E-state index contributed by atoms with van der Waals surface area (Å²) in [5.74, 6) is 3.42. The summed E-state index contributed by atoms with van der Waals surface area (Å²) in [6, 6.07) is 3.87. The van der Waals surface area contributed by atoms with Gasteiger partial charge in [0.2, 0.25) is 0 Å². The molecule has 0 saturated carbocycles. The summed E-state index contributed by atoms with van der Waals surface area (Å²) in [4.78, 5) is 0. The molecule has 0 spiro atoms. The molecular weight excluding hydrogens is 186 g/mol. The van der Waals surface area contributed by atoms with E-state index in [0.29, 0.717) is 24.2 Å². The van der Waals surface area contributed by atoms with Crippen LogP contribution in [0.4, 0.5) is 0 Å². The first-order valence-electron chi connectivity index (χ1n) is 4.13. The molecule has 0 radical (unpaired) electrons. The van der Waals surface area contributed by atoms with E-state index in [4.69, 9.17) is 22.4 Å². The van der Waals surface area contributed by atoms with E-state index in [1.165, 1.54) is 0 Å². The Morgan fingerprint density at radius 2 is 2.46 bits per heavy atom. The Morgan fingerprint density at radius 1 is 1.69 bits per heavy atom. The van der Waals surface area contributed by atoms with Crippen molar-refractivity contribution in [1.82, 2.24) is 5.32 Å². The van der Waals surface area contributed by atoms with Gasteiger partial charge in [-0.2, -0.15) is 0 Å². The number of terminal acetylenes is 1. The molecule has 0 amide bonds. The van der Waals surface area contributed by atoms with Gasteiger partial charge in [0.15, 0.2) is 5.22 Å². The summed E-state index contributed by atoms with van der Waals surface area (Å²) >= 11 is 5.61. The number of hydrogen-bond acceptors (Lipinski definition) is 2. The minimum Gasteiger partial charge on any atom is -0.448 e. The minimum absolute atomic E-state index is 0.300. The number of furan rings is 1. The molecule has 1 unspecified atom stereocenters. The van der Waals surface area contributed by atoms with Gasteiger partial charge in [0, 0.05) is 12.5 Å². The zero-order chi connectivity index (χ0) is 9.68. The molecule has 1 heterocycles. The molecule has 3 heteroatoms. The molecule has 1 atom stereocenters. The zero-order valence-electron chi connectivity index (χ0n) is 7.51.